The van der Waals surface area contributed by atoms with Crippen LogP contribution in [0.15, 0.2) is 34.9 Å². The van der Waals surface area contributed by atoms with E-state index in [2.05, 4.69) is 10.1 Å². The van der Waals surface area contributed by atoms with Crippen LogP contribution in [0.1, 0.15) is 53.4 Å². The number of hydrogen-bond donors (Lipinski definition) is 1. The molecule has 7 heteroatoms. The van der Waals surface area contributed by atoms with Gasteiger partial charge in [-0.25, -0.2) is 4.39 Å². The molecular formula is C21H26FN3O3. The van der Waals surface area contributed by atoms with E-state index in [0.717, 1.165) is 56.6 Å². The average Bonchev–Trinajstić information content (AvgIpc) is 3.18. The number of piperidine rings is 2. The summed E-state index contributed by atoms with van der Waals surface area (Å²) in [5.41, 5.74) is 1.81. The second-order valence-corrected chi connectivity index (χ2v) is 7.84. The first-order valence-corrected chi connectivity index (χ1v) is 9.99. The van der Waals surface area contributed by atoms with E-state index < -0.39 is 6.10 Å². The number of amides is 1. The molecule has 0 spiro atoms. The van der Waals surface area contributed by atoms with Crippen LogP contribution in [0.5, 0.6) is 0 Å². The highest BCUT2D eigenvalue weighted by Gasteiger charge is 2.28. The number of aliphatic hydroxyl groups is 1. The summed E-state index contributed by atoms with van der Waals surface area (Å²) in [5.74, 6) is 0.127. The third kappa shape index (κ3) is 4.42. The lowest BCUT2D eigenvalue weighted by Crippen LogP contribution is -2.42. The Kier molecular flexibility index (Phi) is 5.73. The van der Waals surface area contributed by atoms with Crippen LogP contribution < -0.4 is 0 Å². The van der Waals surface area contributed by atoms with Crippen molar-refractivity contribution in [2.45, 2.75) is 44.2 Å². The van der Waals surface area contributed by atoms with Gasteiger partial charge in [0.25, 0.3) is 5.91 Å². The maximum absolute atomic E-state index is 13.3. The molecule has 28 heavy (non-hydrogen) atoms. The molecule has 2 fully saturated rings. The molecule has 1 N–H and O–H groups in total. The van der Waals surface area contributed by atoms with Gasteiger partial charge >= 0.3 is 0 Å². The van der Waals surface area contributed by atoms with Gasteiger partial charge in [-0.1, -0.05) is 17.3 Å². The maximum atomic E-state index is 13.3. The van der Waals surface area contributed by atoms with Crippen molar-refractivity contribution in [1.29, 1.82) is 0 Å². The Bertz CT molecular complexity index is 817. The minimum Gasteiger partial charge on any atom is -0.391 e. The van der Waals surface area contributed by atoms with Crippen LogP contribution in [-0.4, -0.2) is 58.3 Å². The second kappa shape index (κ2) is 8.41. The molecule has 2 aliphatic rings. The topological polar surface area (TPSA) is 69.8 Å². The minimum atomic E-state index is -0.456. The van der Waals surface area contributed by atoms with E-state index in [1.165, 1.54) is 6.07 Å². The Balaban J connectivity index is 1.32. The molecule has 0 bridgehead atoms. The van der Waals surface area contributed by atoms with Gasteiger partial charge in [0.1, 0.15) is 5.82 Å². The lowest BCUT2D eigenvalue weighted by molar-refractivity contribution is 0.0441. The number of carbonyl (C=O) groups excluding carboxylic acids is 1. The Hall–Kier alpha value is -2.25. The van der Waals surface area contributed by atoms with Crippen LogP contribution in [-0.2, 0) is 6.54 Å². The third-order valence-electron chi connectivity index (χ3n) is 5.72. The zero-order valence-corrected chi connectivity index (χ0v) is 15.9. The van der Waals surface area contributed by atoms with Gasteiger partial charge in [0.15, 0.2) is 0 Å². The van der Waals surface area contributed by atoms with Gasteiger partial charge < -0.3 is 14.5 Å². The predicted molar refractivity (Wildman–Crippen MR) is 101 cm³/mol. The zero-order valence-electron chi connectivity index (χ0n) is 15.9. The molecule has 1 atom stereocenters. The van der Waals surface area contributed by atoms with E-state index in [-0.39, 0.29) is 23.4 Å². The number of rotatable bonds is 4. The molecule has 1 unspecified atom stereocenters. The number of hydrogen-bond acceptors (Lipinski definition) is 5. The predicted octanol–water partition coefficient (Wildman–Crippen LogP) is 2.79. The van der Waals surface area contributed by atoms with Crippen LogP contribution >= 0.6 is 0 Å². The van der Waals surface area contributed by atoms with Crippen molar-refractivity contribution in [3.8, 4) is 0 Å². The molecule has 2 aliphatic heterocycles. The van der Waals surface area contributed by atoms with Gasteiger partial charge in [-0.15, -0.1) is 0 Å². The lowest BCUT2D eigenvalue weighted by atomic mass is 9.93. The van der Waals surface area contributed by atoms with Crippen molar-refractivity contribution < 1.29 is 18.8 Å². The molecule has 2 aromatic rings. The van der Waals surface area contributed by atoms with Crippen molar-refractivity contribution in [3.63, 3.8) is 0 Å². The molecule has 0 saturated carbocycles. The van der Waals surface area contributed by atoms with Crippen LogP contribution in [0.25, 0.3) is 0 Å². The summed E-state index contributed by atoms with van der Waals surface area (Å²) in [6.45, 7) is 3.54. The molecule has 150 valence electrons. The van der Waals surface area contributed by atoms with Crippen molar-refractivity contribution in [2.75, 3.05) is 26.2 Å². The molecule has 1 aromatic heterocycles. The third-order valence-corrected chi connectivity index (χ3v) is 5.72. The maximum Gasteiger partial charge on any atom is 0.292 e. The average molecular weight is 387 g/mol. The van der Waals surface area contributed by atoms with E-state index in [1.54, 1.807) is 23.1 Å². The number of aliphatic hydroxyl groups excluding tert-OH is 1. The number of benzene rings is 1. The largest absolute Gasteiger partial charge is 0.391 e. The smallest absolute Gasteiger partial charge is 0.292 e. The van der Waals surface area contributed by atoms with Crippen molar-refractivity contribution in [2.24, 2.45) is 0 Å². The second-order valence-electron chi connectivity index (χ2n) is 7.84. The van der Waals surface area contributed by atoms with E-state index in [9.17, 15) is 14.3 Å². The van der Waals surface area contributed by atoms with Crippen LogP contribution in [0.4, 0.5) is 4.39 Å². The van der Waals surface area contributed by atoms with E-state index in [1.807, 2.05) is 6.07 Å². The van der Waals surface area contributed by atoms with Gasteiger partial charge in [-0.3, -0.25) is 9.69 Å². The highest BCUT2D eigenvalue weighted by molar-refractivity contribution is 5.91. The summed E-state index contributed by atoms with van der Waals surface area (Å²) in [6.07, 6.45) is 2.94. The summed E-state index contributed by atoms with van der Waals surface area (Å²) < 4.78 is 18.7. The van der Waals surface area contributed by atoms with Crippen LogP contribution in [0.3, 0.4) is 0 Å². The van der Waals surface area contributed by atoms with Gasteiger partial charge in [-0.05, 0) is 56.5 Å². The molecule has 4 rings (SSSR count). The number of likely N-dealkylation sites (tertiary alicyclic amines) is 2. The van der Waals surface area contributed by atoms with E-state index in [4.69, 9.17) is 4.52 Å². The Morgan fingerprint density at radius 1 is 1.21 bits per heavy atom. The number of aromatic nitrogens is 1. The summed E-state index contributed by atoms with van der Waals surface area (Å²) in [4.78, 5) is 16.5. The van der Waals surface area contributed by atoms with E-state index in [0.29, 0.717) is 13.1 Å². The Morgan fingerprint density at radius 2 is 2.04 bits per heavy atom. The molecular weight excluding hydrogens is 361 g/mol. The van der Waals surface area contributed by atoms with Crippen molar-refractivity contribution in [3.05, 3.63) is 53.2 Å². The van der Waals surface area contributed by atoms with Crippen molar-refractivity contribution in [1.82, 2.24) is 15.0 Å². The molecule has 0 aliphatic carbocycles. The number of β-amino-alcohol motifs (C(OH)–C–C–N with tert-alkyl or cyclic N) is 1. The van der Waals surface area contributed by atoms with Gasteiger partial charge in [0, 0.05) is 31.6 Å². The number of nitrogens with zero attached hydrogens (tertiary/aromatic N) is 3. The fourth-order valence-electron chi connectivity index (χ4n) is 4.16. The normalized spacial score (nSPS) is 21.8. The number of halogens is 1. The Morgan fingerprint density at radius 3 is 2.79 bits per heavy atom. The van der Waals surface area contributed by atoms with Gasteiger partial charge in [0.05, 0.1) is 11.8 Å². The van der Waals surface area contributed by atoms with Gasteiger partial charge in [0.2, 0.25) is 5.76 Å². The first kappa shape index (κ1) is 19.1. The Labute approximate surface area is 163 Å². The molecule has 2 saturated heterocycles. The summed E-state index contributed by atoms with van der Waals surface area (Å²) in [7, 11) is 0. The molecule has 1 aromatic carbocycles. The molecule has 0 radical (unpaired) electrons. The standard InChI is InChI=1S/C21H26FN3O3/c22-17-4-1-3-15(11-17)13-24-9-6-16(7-10-24)19-12-20(28-23-19)21(27)25-8-2-5-18(26)14-25/h1,3-4,11-12,16,18,26H,2,5-10,13-14H2. The fraction of sp³-hybridized carbons (Fsp3) is 0.524. The van der Waals surface area contributed by atoms with Crippen LogP contribution in [0.2, 0.25) is 0 Å². The quantitative estimate of drug-likeness (QED) is 0.874. The molecule has 1 amide bonds. The number of carbonyl (C=O) groups is 1. The lowest BCUT2D eigenvalue weighted by Gasteiger charge is -2.31. The highest BCUT2D eigenvalue weighted by Crippen LogP contribution is 2.29. The minimum absolute atomic E-state index is 0.193. The summed E-state index contributed by atoms with van der Waals surface area (Å²) >= 11 is 0. The summed E-state index contributed by atoms with van der Waals surface area (Å²) in [6, 6.07) is 8.49. The first-order chi connectivity index (χ1) is 13.6. The zero-order chi connectivity index (χ0) is 19.5. The summed E-state index contributed by atoms with van der Waals surface area (Å²) in [5, 5.41) is 13.9. The molecule has 3 heterocycles. The monoisotopic (exact) mass is 387 g/mol. The SMILES string of the molecule is O=C(c1cc(C2CCN(Cc3cccc(F)c3)CC2)no1)N1CCCC(O)C1. The first-order valence-electron chi connectivity index (χ1n) is 9.99. The fourth-order valence-corrected chi connectivity index (χ4v) is 4.16. The highest BCUT2D eigenvalue weighted by atomic mass is 19.1. The van der Waals surface area contributed by atoms with E-state index >= 15 is 0 Å². The van der Waals surface area contributed by atoms with Crippen LogP contribution in [0, 0.1) is 5.82 Å². The molecule has 6 nitrogen and oxygen atoms in total. The van der Waals surface area contributed by atoms with Gasteiger partial charge in [-0.2, -0.15) is 0 Å². The van der Waals surface area contributed by atoms with Crippen molar-refractivity contribution >= 4 is 5.91 Å².